The number of hydrogen-bond donors (Lipinski definition) is 1. The molecular weight excluding hydrogens is 200 g/mol. The SMILES string of the molecule is CC(NC1CCC(C)C(C)C1)C(=O)N(C)C. The van der Waals surface area contributed by atoms with Crippen LogP contribution in [0.5, 0.6) is 0 Å². The van der Waals surface area contributed by atoms with E-state index in [-0.39, 0.29) is 11.9 Å². The van der Waals surface area contributed by atoms with E-state index >= 15 is 0 Å². The van der Waals surface area contributed by atoms with Crippen molar-refractivity contribution in [3.05, 3.63) is 0 Å². The van der Waals surface area contributed by atoms with Crippen molar-refractivity contribution in [2.75, 3.05) is 14.1 Å². The van der Waals surface area contributed by atoms with Gasteiger partial charge in [0.1, 0.15) is 0 Å². The van der Waals surface area contributed by atoms with Crippen molar-refractivity contribution in [3.8, 4) is 0 Å². The van der Waals surface area contributed by atoms with Gasteiger partial charge in [-0.05, 0) is 38.0 Å². The Kier molecular flexibility index (Phi) is 4.78. The van der Waals surface area contributed by atoms with Crippen LogP contribution in [0.3, 0.4) is 0 Å². The first kappa shape index (κ1) is 13.5. The van der Waals surface area contributed by atoms with Gasteiger partial charge in [0, 0.05) is 20.1 Å². The van der Waals surface area contributed by atoms with Crippen LogP contribution in [0.4, 0.5) is 0 Å². The molecule has 1 amide bonds. The minimum atomic E-state index is -0.0550. The summed E-state index contributed by atoms with van der Waals surface area (Å²) in [5.41, 5.74) is 0. The van der Waals surface area contributed by atoms with Crippen molar-refractivity contribution in [2.45, 2.75) is 52.1 Å². The lowest BCUT2D eigenvalue weighted by atomic mass is 9.79. The van der Waals surface area contributed by atoms with Crippen molar-refractivity contribution in [1.29, 1.82) is 0 Å². The van der Waals surface area contributed by atoms with E-state index < -0.39 is 0 Å². The summed E-state index contributed by atoms with van der Waals surface area (Å²) >= 11 is 0. The van der Waals surface area contributed by atoms with E-state index in [2.05, 4.69) is 19.2 Å². The third-order valence-electron chi connectivity index (χ3n) is 3.90. The van der Waals surface area contributed by atoms with E-state index in [1.165, 1.54) is 19.3 Å². The highest BCUT2D eigenvalue weighted by Crippen LogP contribution is 2.29. The van der Waals surface area contributed by atoms with Gasteiger partial charge in [-0.3, -0.25) is 4.79 Å². The second-order valence-corrected chi connectivity index (χ2v) is 5.59. The van der Waals surface area contributed by atoms with Gasteiger partial charge in [0.2, 0.25) is 5.91 Å². The fourth-order valence-corrected chi connectivity index (χ4v) is 2.51. The van der Waals surface area contributed by atoms with E-state index in [9.17, 15) is 4.79 Å². The minimum absolute atomic E-state index is 0.0550. The number of amides is 1. The maximum atomic E-state index is 11.7. The molecule has 1 fully saturated rings. The zero-order valence-corrected chi connectivity index (χ0v) is 11.3. The molecule has 0 saturated heterocycles. The molecule has 3 nitrogen and oxygen atoms in total. The van der Waals surface area contributed by atoms with Gasteiger partial charge in [-0.25, -0.2) is 0 Å². The molecule has 94 valence electrons. The highest BCUT2D eigenvalue weighted by molar-refractivity contribution is 5.80. The lowest BCUT2D eigenvalue weighted by molar-refractivity contribution is -0.130. The molecule has 1 N–H and O–H groups in total. The van der Waals surface area contributed by atoms with Crippen molar-refractivity contribution >= 4 is 5.91 Å². The number of nitrogens with zero attached hydrogens (tertiary/aromatic N) is 1. The van der Waals surface area contributed by atoms with Gasteiger partial charge >= 0.3 is 0 Å². The predicted octanol–water partition coefficient (Wildman–Crippen LogP) is 1.88. The Morgan fingerprint density at radius 1 is 1.25 bits per heavy atom. The monoisotopic (exact) mass is 226 g/mol. The van der Waals surface area contributed by atoms with Crippen molar-refractivity contribution in [2.24, 2.45) is 11.8 Å². The van der Waals surface area contributed by atoms with Crippen LogP contribution in [0.1, 0.15) is 40.0 Å². The standard InChI is InChI=1S/C13H26N2O/c1-9-6-7-12(8-10(9)2)14-11(3)13(16)15(4)5/h9-12,14H,6-8H2,1-5H3. The minimum Gasteiger partial charge on any atom is -0.347 e. The third kappa shape index (κ3) is 3.48. The molecule has 0 aromatic carbocycles. The van der Waals surface area contributed by atoms with Gasteiger partial charge in [-0.15, -0.1) is 0 Å². The molecule has 1 aliphatic rings. The second-order valence-electron chi connectivity index (χ2n) is 5.59. The molecule has 0 aromatic rings. The van der Waals surface area contributed by atoms with Crippen molar-refractivity contribution in [1.82, 2.24) is 10.2 Å². The molecular formula is C13H26N2O. The topological polar surface area (TPSA) is 32.3 Å². The first-order valence-corrected chi connectivity index (χ1v) is 6.39. The maximum Gasteiger partial charge on any atom is 0.238 e. The van der Waals surface area contributed by atoms with E-state index in [1.807, 2.05) is 21.0 Å². The summed E-state index contributed by atoms with van der Waals surface area (Å²) < 4.78 is 0. The second kappa shape index (κ2) is 5.67. The Morgan fingerprint density at radius 2 is 1.88 bits per heavy atom. The third-order valence-corrected chi connectivity index (χ3v) is 3.90. The van der Waals surface area contributed by atoms with Crippen LogP contribution in [-0.4, -0.2) is 37.0 Å². The van der Waals surface area contributed by atoms with E-state index in [0.29, 0.717) is 6.04 Å². The molecule has 4 atom stereocenters. The van der Waals surface area contributed by atoms with Crippen LogP contribution in [-0.2, 0) is 4.79 Å². The molecule has 1 aliphatic carbocycles. The molecule has 3 heteroatoms. The number of likely N-dealkylation sites (N-methyl/N-ethyl adjacent to an activating group) is 1. The van der Waals surface area contributed by atoms with E-state index in [4.69, 9.17) is 0 Å². The fraction of sp³-hybridized carbons (Fsp3) is 0.923. The normalized spacial score (nSPS) is 32.2. The van der Waals surface area contributed by atoms with Crippen LogP contribution in [0.15, 0.2) is 0 Å². The molecule has 4 unspecified atom stereocenters. The lowest BCUT2D eigenvalue weighted by Gasteiger charge is -2.34. The Bertz CT molecular complexity index is 240. The Hall–Kier alpha value is -0.570. The molecule has 1 rings (SSSR count). The molecule has 0 radical (unpaired) electrons. The number of hydrogen-bond acceptors (Lipinski definition) is 2. The first-order valence-electron chi connectivity index (χ1n) is 6.39. The smallest absolute Gasteiger partial charge is 0.238 e. The molecule has 0 bridgehead atoms. The molecule has 0 aromatic heterocycles. The summed E-state index contributed by atoms with van der Waals surface area (Å²) in [4.78, 5) is 13.4. The molecule has 0 aliphatic heterocycles. The van der Waals surface area contributed by atoms with Gasteiger partial charge in [0.25, 0.3) is 0 Å². The highest BCUT2D eigenvalue weighted by Gasteiger charge is 2.26. The molecule has 0 spiro atoms. The summed E-state index contributed by atoms with van der Waals surface area (Å²) in [6.07, 6.45) is 3.68. The molecule has 1 saturated carbocycles. The Morgan fingerprint density at radius 3 is 2.38 bits per heavy atom. The average molecular weight is 226 g/mol. The summed E-state index contributed by atoms with van der Waals surface area (Å²) in [5, 5.41) is 3.46. The maximum absolute atomic E-state index is 11.7. The predicted molar refractivity (Wildman–Crippen MR) is 67.3 cm³/mol. The highest BCUT2D eigenvalue weighted by atomic mass is 16.2. The van der Waals surface area contributed by atoms with Crippen molar-refractivity contribution in [3.63, 3.8) is 0 Å². The van der Waals surface area contributed by atoms with Crippen LogP contribution in [0.2, 0.25) is 0 Å². The fourth-order valence-electron chi connectivity index (χ4n) is 2.51. The van der Waals surface area contributed by atoms with Gasteiger partial charge in [0.05, 0.1) is 6.04 Å². The largest absolute Gasteiger partial charge is 0.347 e. The van der Waals surface area contributed by atoms with Crippen LogP contribution >= 0.6 is 0 Å². The summed E-state index contributed by atoms with van der Waals surface area (Å²) in [7, 11) is 3.62. The van der Waals surface area contributed by atoms with E-state index in [0.717, 1.165) is 11.8 Å². The quantitative estimate of drug-likeness (QED) is 0.797. The van der Waals surface area contributed by atoms with Crippen LogP contribution < -0.4 is 5.32 Å². The van der Waals surface area contributed by atoms with Gasteiger partial charge < -0.3 is 10.2 Å². The first-order chi connectivity index (χ1) is 7.41. The molecule has 16 heavy (non-hydrogen) atoms. The zero-order chi connectivity index (χ0) is 12.3. The number of rotatable bonds is 3. The van der Waals surface area contributed by atoms with Crippen molar-refractivity contribution < 1.29 is 4.79 Å². The lowest BCUT2D eigenvalue weighted by Crippen LogP contribution is -2.48. The zero-order valence-electron chi connectivity index (χ0n) is 11.3. The number of carbonyl (C=O) groups is 1. The van der Waals surface area contributed by atoms with Gasteiger partial charge in [0.15, 0.2) is 0 Å². The van der Waals surface area contributed by atoms with Crippen LogP contribution in [0.25, 0.3) is 0 Å². The Labute approximate surface area is 99.6 Å². The van der Waals surface area contributed by atoms with Crippen LogP contribution in [0, 0.1) is 11.8 Å². The number of nitrogens with one attached hydrogen (secondary N) is 1. The summed E-state index contributed by atoms with van der Waals surface area (Å²) in [5.74, 6) is 1.78. The summed E-state index contributed by atoms with van der Waals surface area (Å²) in [6, 6.07) is 0.464. The van der Waals surface area contributed by atoms with Gasteiger partial charge in [-0.1, -0.05) is 13.8 Å². The summed E-state index contributed by atoms with van der Waals surface area (Å²) in [6.45, 7) is 6.61. The Balaban J connectivity index is 2.40. The molecule has 0 heterocycles. The van der Waals surface area contributed by atoms with E-state index in [1.54, 1.807) is 4.90 Å². The van der Waals surface area contributed by atoms with Gasteiger partial charge in [-0.2, -0.15) is 0 Å². The number of carbonyl (C=O) groups excluding carboxylic acids is 1. The average Bonchev–Trinajstić information content (AvgIpc) is 2.22.